The predicted octanol–water partition coefficient (Wildman–Crippen LogP) is 3.29. The van der Waals surface area contributed by atoms with Crippen molar-refractivity contribution in [1.82, 2.24) is 32.1 Å². The van der Waals surface area contributed by atoms with Crippen molar-refractivity contribution in [2.45, 2.75) is 58.8 Å². The van der Waals surface area contributed by atoms with E-state index in [-0.39, 0.29) is 68.1 Å². The second kappa shape index (κ2) is 26.1. The van der Waals surface area contributed by atoms with Gasteiger partial charge in [-0.2, -0.15) is 0 Å². The van der Waals surface area contributed by atoms with Crippen molar-refractivity contribution in [1.29, 1.82) is 0 Å². The summed E-state index contributed by atoms with van der Waals surface area (Å²) < 4.78 is 10.4. The molecule has 21 heteroatoms. The molecule has 1 saturated heterocycles. The summed E-state index contributed by atoms with van der Waals surface area (Å²) in [6.45, 7) is 7.50. The molecular formula is C41H53ClN8O11S. The number of nitrogens with one attached hydrogen (secondary N) is 6. The van der Waals surface area contributed by atoms with E-state index in [1.54, 1.807) is 30.3 Å². The number of carbonyl (C=O) groups excluding carboxylic acids is 6. The fourth-order valence-corrected chi connectivity index (χ4v) is 6.31. The van der Waals surface area contributed by atoms with Crippen LogP contribution in [0.2, 0.25) is 5.02 Å². The summed E-state index contributed by atoms with van der Waals surface area (Å²) in [4.78, 5) is 79.3. The molecule has 62 heavy (non-hydrogen) atoms. The highest BCUT2D eigenvalue weighted by atomic mass is 35.5. The van der Waals surface area contributed by atoms with Gasteiger partial charge >= 0.3 is 0 Å². The van der Waals surface area contributed by atoms with Gasteiger partial charge in [-0.15, -0.1) is 0 Å². The summed E-state index contributed by atoms with van der Waals surface area (Å²) in [7, 11) is 2.70. The lowest BCUT2D eigenvalue weighted by atomic mass is 10.1. The van der Waals surface area contributed by atoms with Crippen LogP contribution >= 0.6 is 23.8 Å². The van der Waals surface area contributed by atoms with Crippen LogP contribution < -0.4 is 46.9 Å². The van der Waals surface area contributed by atoms with Crippen molar-refractivity contribution in [2.75, 3.05) is 57.2 Å². The third-order valence-electron chi connectivity index (χ3n) is 8.85. The van der Waals surface area contributed by atoms with Crippen molar-refractivity contribution in [3.05, 3.63) is 70.7 Å². The first-order chi connectivity index (χ1) is 29.6. The second-order valence-electron chi connectivity index (χ2n) is 13.6. The number of hydrazine groups is 2. The molecule has 0 aliphatic carbocycles. The van der Waals surface area contributed by atoms with Crippen molar-refractivity contribution < 1.29 is 53.3 Å². The molecule has 1 aliphatic rings. The van der Waals surface area contributed by atoms with Crippen molar-refractivity contribution in [3.63, 3.8) is 0 Å². The fraction of sp³-hybridized carbons (Fsp3) is 0.390. The van der Waals surface area contributed by atoms with Crippen LogP contribution in [0.1, 0.15) is 63.0 Å². The number of hydrogen-bond donors (Lipinski definition) is 8. The molecule has 1 heterocycles. The molecule has 3 aromatic rings. The number of aromatic hydroxyl groups is 2. The maximum Gasteiger partial charge on any atom is 0.244 e. The normalized spacial score (nSPS) is 11.8. The molecule has 0 radical (unpaired) electrons. The Kier molecular flexibility index (Phi) is 21.0. The summed E-state index contributed by atoms with van der Waals surface area (Å²) in [5.41, 5.74) is 14.2. The average molecular weight is 901 g/mol. The molecule has 19 nitrogen and oxygen atoms in total. The van der Waals surface area contributed by atoms with Crippen molar-refractivity contribution in [3.8, 4) is 23.0 Å². The number of hydrogen-bond acceptors (Lipinski definition) is 13. The van der Waals surface area contributed by atoms with Gasteiger partial charge in [-0.1, -0.05) is 29.9 Å². The van der Waals surface area contributed by atoms with Crippen LogP contribution in [0.5, 0.6) is 23.0 Å². The van der Waals surface area contributed by atoms with E-state index in [4.69, 9.17) is 33.3 Å². The highest BCUT2D eigenvalue weighted by Gasteiger charge is 2.23. The van der Waals surface area contributed by atoms with Crippen LogP contribution in [0.25, 0.3) is 0 Å². The molecule has 0 bridgehead atoms. The quantitative estimate of drug-likeness (QED) is 0.0551. The molecule has 4 rings (SSSR count). The van der Waals surface area contributed by atoms with Gasteiger partial charge in [0.2, 0.25) is 41.2 Å². The Morgan fingerprint density at radius 2 is 1.27 bits per heavy atom. The molecule has 0 unspecified atom stereocenters. The van der Waals surface area contributed by atoms with Gasteiger partial charge in [0.1, 0.15) is 10.7 Å². The monoisotopic (exact) mass is 900 g/mol. The largest absolute Gasteiger partial charge is 0.504 e. The van der Waals surface area contributed by atoms with Gasteiger partial charge in [0.05, 0.1) is 31.5 Å². The number of phenols is 2. The van der Waals surface area contributed by atoms with E-state index in [2.05, 4.69) is 59.3 Å². The number of carbonyl (C=O) groups is 6. The SMILES string of the molecule is CCOc1ccc(NC(=O)CCC(=O)NNC(=O)CCCC(=O)NNC(=O)CCC(=O)NOC)cc1.COc1cc(C(=S)N2CCN(c3ccc(C)cc3Cl)CC2)cc(O)c1O. The standard InChI is InChI=1S/C22H32N6O8.C19H21ClN2O3S/c1-3-36-16-9-7-15(8-10-16)23-17(29)11-12-20(32)26-24-18(30)5-4-6-19(31)25-27-21(33)13-14-22(34)28-35-2;1-12-3-4-15(14(20)9-12)21-5-7-22(8-6-21)19(26)13-10-16(23)18(24)17(11-13)25-2/h7-10H,3-6,11-14H2,1-2H3,(H,23,29)(H,24,30)(H,25,31)(H,26,32)(H,27,33)(H,28,34);3-4,9-11,23-24H,5-8H2,1-2H3. The minimum atomic E-state index is -0.566. The number of hydroxylamine groups is 1. The summed E-state index contributed by atoms with van der Waals surface area (Å²) in [5.74, 6) is -2.66. The summed E-state index contributed by atoms with van der Waals surface area (Å²) in [6, 6.07) is 16.0. The second-order valence-corrected chi connectivity index (χ2v) is 14.4. The van der Waals surface area contributed by atoms with Gasteiger partial charge in [-0.3, -0.25) is 55.3 Å². The lowest BCUT2D eigenvalue weighted by Crippen LogP contribution is -2.48. The Balaban J connectivity index is 0.000000346. The van der Waals surface area contributed by atoms with E-state index in [9.17, 15) is 39.0 Å². The van der Waals surface area contributed by atoms with Gasteiger partial charge in [-0.05, 0) is 74.4 Å². The van der Waals surface area contributed by atoms with Crippen LogP contribution in [0.3, 0.4) is 0 Å². The zero-order valence-corrected chi connectivity index (χ0v) is 36.5. The number of halogens is 1. The highest BCUT2D eigenvalue weighted by Crippen LogP contribution is 2.37. The number of benzene rings is 3. The van der Waals surface area contributed by atoms with Crippen LogP contribution in [-0.2, 0) is 33.6 Å². The van der Waals surface area contributed by atoms with Crippen LogP contribution in [0, 0.1) is 6.92 Å². The summed E-state index contributed by atoms with van der Waals surface area (Å²) in [5, 5.41) is 23.1. The molecule has 0 atom stereocenters. The smallest absolute Gasteiger partial charge is 0.244 e. The first-order valence-corrected chi connectivity index (χ1v) is 20.3. The molecule has 6 amide bonds. The van der Waals surface area contributed by atoms with E-state index in [1.807, 2.05) is 19.9 Å². The first kappa shape index (κ1) is 50.0. The van der Waals surface area contributed by atoms with E-state index in [1.165, 1.54) is 20.3 Å². The zero-order chi connectivity index (χ0) is 45.6. The van der Waals surface area contributed by atoms with E-state index in [0.717, 1.165) is 42.5 Å². The van der Waals surface area contributed by atoms with Crippen molar-refractivity contribution >= 4 is 75.6 Å². The van der Waals surface area contributed by atoms with Crippen LogP contribution in [-0.4, -0.2) is 103 Å². The van der Waals surface area contributed by atoms with E-state index < -0.39 is 29.5 Å². The number of amides is 6. The number of nitrogens with zero attached hydrogens (tertiary/aromatic N) is 2. The third-order valence-corrected chi connectivity index (χ3v) is 9.64. The average Bonchev–Trinajstić information content (AvgIpc) is 3.25. The summed E-state index contributed by atoms with van der Waals surface area (Å²) >= 11 is 12.0. The van der Waals surface area contributed by atoms with Gasteiger partial charge in [0.25, 0.3) is 0 Å². The number of thiocarbonyl (C=S) groups is 1. The minimum Gasteiger partial charge on any atom is -0.504 e. The Bertz CT molecular complexity index is 2030. The van der Waals surface area contributed by atoms with Crippen LogP contribution in [0.15, 0.2) is 54.6 Å². The topological polar surface area (TPSA) is 249 Å². The predicted molar refractivity (Wildman–Crippen MR) is 234 cm³/mol. The molecule has 0 aromatic heterocycles. The molecular weight excluding hydrogens is 848 g/mol. The van der Waals surface area contributed by atoms with Gasteiger partial charge < -0.3 is 34.8 Å². The molecule has 8 N–H and O–H groups in total. The number of anilines is 2. The Hall–Kier alpha value is -6.38. The highest BCUT2D eigenvalue weighted by molar-refractivity contribution is 7.80. The van der Waals surface area contributed by atoms with Gasteiger partial charge in [0.15, 0.2) is 11.5 Å². The number of phenolic OH excluding ortho intramolecular Hbond substituents is 2. The molecule has 3 aromatic carbocycles. The molecule has 1 aliphatic heterocycles. The number of rotatable bonds is 17. The number of methoxy groups -OCH3 is 1. The molecule has 0 spiro atoms. The lowest BCUT2D eigenvalue weighted by Gasteiger charge is -2.38. The van der Waals surface area contributed by atoms with E-state index >= 15 is 0 Å². The van der Waals surface area contributed by atoms with Gasteiger partial charge in [-0.25, -0.2) is 5.48 Å². The Labute approximate surface area is 369 Å². The van der Waals surface area contributed by atoms with E-state index in [0.29, 0.717) is 28.6 Å². The minimum absolute atomic E-state index is 0.0580. The Morgan fingerprint density at radius 3 is 1.81 bits per heavy atom. The number of piperazine rings is 1. The zero-order valence-electron chi connectivity index (χ0n) is 34.9. The number of ether oxygens (including phenoxy) is 2. The van der Waals surface area contributed by atoms with Gasteiger partial charge in [0, 0.05) is 76.0 Å². The molecule has 1 fully saturated rings. The lowest BCUT2D eigenvalue weighted by molar-refractivity contribution is -0.134. The first-order valence-electron chi connectivity index (χ1n) is 19.5. The number of aryl methyl sites for hydroxylation is 1. The maximum atomic E-state index is 12.0. The third kappa shape index (κ3) is 17.3. The molecule has 0 saturated carbocycles. The fourth-order valence-electron chi connectivity index (χ4n) is 5.66. The summed E-state index contributed by atoms with van der Waals surface area (Å²) in [6.07, 6.45) is -0.454. The van der Waals surface area contributed by atoms with Crippen LogP contribution in [0.4, 0.5) is 11.4 Å². The Morgan fingerprint density at radius 1 is 0.726 bits per heavy atom. The molecule has 336 valence electrons. The maximum absolute atomic E-state index is 12.0. The van der Waals surface area contributed by atoms with Crippen molar-refractivity contribution in [2.24, 2.45) is 0 Å².